The van der Waals surface area contributed by atoms with Crippen LogP contribution in [0.5, 0.6) is 0 Å². The van der Waals surface area contributed by atoms with Gasteiger partial charge in [0.2, 0.25) is 0 Å². The molecule has 0 fully saturated rings. The Kier molecular flexibility index (Phi) is 4.85. The van der Waals surface area contributed by atoms with Gasteiger partial charge in [0.25, 0.3) is 0 Å². The number of benzene rings is 1. The first-order valence-corrected chi connectivity index (χ1v) is 7.53. The minimum absolute atomic E-state index is 0.0410. The lowest BCUT2D eigenvalue weighted by molar-refractivity contribution is 0.568. The van der Waals surface area contributed by atoms with Gasteiger partial charge in [-0.1, -0.05) is 23.2 Å². The standard InChI is InChI=1S/C14H14Cl2FNS/c1-8-3-4-19-14(8)7-18-9(2)10-5-13(17)12(16)6-11(10)15/h3-6,9,18H,7H2,1-2H3. The molecule has 0 saturated carbocycles. The van der Waals surface area contributed by atoms with Crippen LogP contribution in [0.3, 0.4) is 0 Å². The Bertz CT molecular complexity index is 583. The van der Waals surface area contributed by atoms with Crippen LogP contribution < -0.4 is 5.32 Å². The van der Waals surface area contributed by atoms with Crippen molar-refractivity contribution in [1.82, 2.24) is 5.32 Å². The molecular weight excluding hydrogens is 304 g/mol. The average molecular weight is 318 g/mol. The van der Waals surface area contributed by atoms with Crippen molar-refractivity contribution in [3.63, 3.8) is 0 Å². The summed E-state index contributed by atoms with van der Waals surface area (Å²) in [6.45, 7) is 4.77. The third kappa shape index (κ3) is 3.48. The van der Waals surface area contributed by atoms with Crippen molar-refractivity contribution < 1.29 is 4.39 Å². The van der Waals surface area contributed by atoms with Crippen LogP contribution in [0.2, 0.25) is 10.0 Å². The largest absolute Gasteiger partial charge is 0.305 e. The zero-order valence-corrected chi connectivity index (χ0v) is 13.0. The molecule has 0 radical (unpaired) electrons. The van der Waals surface area contributed by atoms with Crippen molar-refractivity contribution in [2.75, 3.05) is 0 Å². The van der Waals surface area contributed by atoms with Gasteiger partial charge in [0, 0.05) is 22.5 Å². The second-order valence-electron chi connectivity index (χ2n) is 4.42. The molecule has 0 aliphatic carbocycles. The molecule has 1 N–H and O–H groups in total. The minimum Gasteiger partial charge on any atom is -0.305 e. The van der Waals surface area contributed by atoms with Crippen LogP contribution in [0.25, 0.3) is 0 Å². The van der Waals surface area contributed by atoms with Crippen LogP contribution in [0.1, 0.15) is 29.0 Å². The quantitative estimate of drug-likeness (QED) is 0.749. The van der Waals surface area contributed by atoms with E-state index in [0.29, 0.717) is 5.02 Å². The van der Waals surface area contributed by atoms with Gasteiger partial charge in [-0.15, -0.1) is 11.3 Å². The lowest BCUT2D eigenvalue weighted by Crippen LogP contribution is -2.18. The maximum absolute atomic E-state index is 13.5. The van der Waals surface area contributed by atoms with Crippen LogP contribution in [-0.4, -0.2) is 0 Å². The van der Waals surface area contributed by atoms with Crippen LogP contribution in [0.15, 0.2) is 23.6 Å². The number of hydrogen-bond acceptors (Lipinski definition) is 2. The summed E-state index contributed by atoms with van der Waals surface area (Å²) < 4.78 is 13.5. The van der Waals surface area contributed by atoms with Crippen LogP contribution >= 0.6 is 34.5 Å². The van der Waals surface area contributed by atoms with E-state index in [2.05, 4.69) is 23.7 Å². The van der Waals surface area contributed by atoms with E-state index in [0.717, 1.165) is 12.1 Å². The zero-order chi connectivity index (χ0) is 14.0. The monoisotopic (exact) mass is 317 g/mol. The maximum atomic E-state index is 13.5. The zero-order valence-electron chi connectivity index (χ0n) is 10.6. The summed E-state index contributed by atoms with van der Waals surface area (Å²) in [6, 6.07) is 4.88. The molecule has 1 nitrogen and oxygen atoms in total. The number of rotatable bonds is 4. The summed E-state index contributed by atoms with van der Waals surface area (Å²) in [5, 5.41) is 5.94. The van der Waals surface area contributed by atoms with E-state index in [1.54, 1.807) is 11.3 Å². The first-order chi connectivity index (χ1) is 8.99. The lowest BCUT2D eigenvalue weighted by Gasteiger charge is -2.16. The molecule has 0 bridgehead atoms. The third-order valence-corrected chi connectivity index (χ3v) is 4.68. The topological polar surface area (TPSA) is 12.0 Å². The first-order valence-electron chi connectivity index (χ1n) is 5.90. The summed E-state index contributed by atoms with van der Waals surface area (Å²) in [7, 11) is 0. The molecule has 1 aromatic heterocycles. The van der Waals surface area contributed by atoms with Gasteiger partial charge in [-0.2, -0.15) is 0 Å². The number of halogens is 3. The smallest absolute Gasteiger partial charge is 0.142 e. The highest BCUT2D eigenvalue weighted by Crippen LogP contribution is 2.29. The molecule has 2 aromatic rings. The highest BCUT2D eigenvalue weighted by molar-refractivity contribution is 7.10. The molecular formula is C14H14Cl2FNS. The maximum Gasteiger partial charge on any atom is 0.142 e. The second kappa shape index (κ2) is 6.23. The van der Waals surface area contributed by atoms with Crippen molar-refractivity contribution in [2.45, 2.75) is 26.4 Å². The Morgan fingerprint density at radius 1 is 1.32 bits per heavy atom. The minimum atomic E-state index is -0.443. The molecule has 1 heterocycles. The molecule has 1 aromatic carbocycles. The first kappa shape index (κ1) is 14.8. The van der Waals surface area contributed by atoms with E-state index in [1.807, 2.05) is 6.92 Å². The van der Waals surface area contributed by atoms with Gasteiger partial charge in [0.05, 0.1) is 5.02 Å². The molecule has 1 atom stereocenters. The number of nitrogens with one attached hydrogen (secondary N) is 1. The van der Waals surface area contributed by atoms with Crippen molar-refractivity contribution in [3.8, 4) is 0 Å². The summed E-state index contributed by atoms with van der Waals surface area (Å²) in [5.41, 5.74) is 1.98. The number of aryl methyl sites for hydroxylation is 1. The Balaban J connectivity index is 2.10. The molecule has 0 saturated heterocycles. The van der Waals surface area contributed by atoms with Gasteiger partial charge >= 0.3 is 0 Å². The van der Waals surface area contributed by atoms with Gasteiger partial charge < -0.3 is 5.32 Å². The molecule has 5 heteroatoms. The fraction of sp³-hybridized carbons (Fsp3) is 0.286. The van der Waals surface area contributed by atoms with Crippen molar-refractivity contribution in [2.24, 2.45) is 0 Å². The van der Waals surface area contributed by atoms with Gasteiger partial charge in [-0.25, -0.2) is 4.39 Å². The van der Waals surface area contributed by atoms with Gasteiger partial charge in [-0.3, -0.25) is 0 Å². The fourth-order valence-corrected chi connectivity index (χ4v) is 3.21. The summed E-state index contributed by atoms with van der Waals surface area (Å²) >= 11 is 13.5. The highest BCUT2D eigenvalue weighted by atomic mass is 35.5. The molecule has 0 aliphatic rings. The molecule has 102 valence electrons. The molecule has 2 rings (SSSR count). The fourth-order valence-electron chi connectivity index (χ4n) is 1.81. The predicted molar refractivity (Wildman–Crippen MR) is 80.7 cm³/mol. The summed E-state index contributed by atoms with van der Waals surface area (Å²) in [5.74, 6) is -0.443. The van der Waals surface area contributed by atoms with Crippen LogP contribution in [0.4, 0.5) is 4.39 Å². The molecule has 0 amide bonds. The SMILES string of the molecule is Cc1ccsc1CNC(C)c1cc(F)c(Cl)cc1Cl. The van der Waals surface area contributed by atoms with Crippen molar-refractivity contribution in [3.05, 3.63) is 55.4 Å². The molecule has 1 unspecified atom stereocenters. The van der Waals surface area contributed by atoms with E-state index in [4.69, 9.17) is 23.2 Å². The lowest BCUT2D eigenvalue weighted by atomic mass is 10.1. The van der Waals surface area contributed by atoms with Crippen LogP contribution in [-0.2, 0) is 6.54 Å². The van der Waals surface area contributed by atoms with Gasteiger partial charge in [0.15, 0.2) is 0 Å². The van der Waals surface area contributed by atoms with E-state index in [1.165, 1.54) is 22.6 Å². The summed E-state index contributed by atoms with van der Waals surface area (Å²) in [6.07, 6.45) is 0. The Morgan fingerprint density at radius 2 is 2.05 bits per heavy atom. The third-order valence-electron chi connectivity index (χ3n) is 3.04. The van der Waals surface area contributed by atoms with E-state index < -0.39 is 5.82 Å². The average Bonchev–Trinajstić information content (AvgIpc) is 2.76. The van der Waals surface area contributed by atoms with Crippen LogP contribution in [0, 0.1) is 12.7 Å². The van der Waals surface area contributed by atoms with Gasteiger partial charge in [0.1, 0.15) is 5.82 Å². The molecule has 0 spiro atoms. The van der Waals surface area contributed by atoms with Gasteiger partial charge in [-0.05, 0) is 48.6 Å². The molecule has 0 aliphatic heterocycles. The van der Waals surface area contributed by atoms with E-state index in [9.17, 15) is 4.39 Å². The number of hydrogen-bond donors (Lipinski definition) is 1. The second-order valence-corrected chi connectivity index (χ2v) is 6.23. The Hall–Kier alpha value is -0.610. The Labute approximate surface area is 126 Å². The molecule has 19 heavy (non-hydrogen) atoms. The van der Waals surface area contributed by atoms with Crippen molar-refractivity contribution in [1.29, 1.82) is 0 Å². The van der Waals surface area contributed by atoms with E-state index >= 15 is 0 Å². The Morgan fingerprint density at radius 3 is 2.68 bits per heavy atom. The summed E-state index contributed by atoms with van der Waals surface area (Å²) in [4.78, 5) is 1.28. The highest BCUT2D eigenvalue weighted by Gasteiger charge is 2.13. The normalized spacial score (nSPS) is 12.7. The van der Waals surface area contributed by atoms with E-state index in [-0.39, 0.29) is 11.1 Å². The predicted octanol–water partition coefficient (Wildman–Crippen LogP) is 5.35. The van der Waals surface area contributed by atoms with Crippen molar-refractivity contribution >= 4 is 34.5 Å². The number of thiophene rings is 1.